The van der Waals surface area contributed by atoms with Crippen LogP contribution >= 0.6 is 0 Å². The van der Waals surface area contributed by atoms with Crippen LogP contribution in [0.3, 0.4) is 0 Å². The second-order valence-corrected chi connectivity index (χ2v) is 6.01. The molecule has 0 amide bonds. The van der Waals surface area contributed by atoms with E-state index < -0.39 is 0 Å². The smallest absolute Gasteiger partial charge is 0.231 e. The van der Waals surface area contributed by atoms with Gasteiger partial charge in [-0.3, -0.25) is 4.90 Å². The van der Waals surface area contributed by atoms with Crippen molar-refractivity contribution in [2.24, 2.45) is 11.0 Å². The molecule has 1 aromatic carbocycles. The molecule has 5 aliphatic heterocycles. The van der Waals surface area contributed by atoms with Crippen molar-refractivity contribution in [1.82, 2.24) is 10.3 Å². The second kappa shape index (κ2) is 3.88. The van der Waals surface area contributed by atoms with Crippen LogP contribution in [0, 0.1) is 5.92 Å². The highest BCUT2D eigenvalue weighted by Gasteiger charge is 2.46. The zero-order chi connectivity index (χ0) is 13.1. The predicted octanol–water partition coefficient (Wildman–Crippen LogP) is 1.51. The molecule has 6 rings (SSSR count). The van der Waals surface area contributed by atoms with E-state index in [2.05, 4.69) is 27.6 Å². The number of benzene rings is 1. The first-order valence-corrected chi connectivity index (χ1v) is 7.37. The van der Waals surface area contributed by atoms with Crippen LogP contribution in [-0.2, 0) is 0 Å². The van der Waals surface area contributed by atoms with Gasteiger partial charge in [0.25, 0.3) is 0 Å². The molecule has 104 valence electrons. The highest BCUT2D eigenvalue weighted by Crippen LogP contribution is 2.41. The Morgan fingerprint density at radius 1 is 1.15 bits per heavy atom. The van der Waals surface area contributed by atoms with Crippen molar-refractivity contribution in [3.05, 3.63) is 23.8 Å². The Kier molecular flexibility index (Phi) is 2.13. The van der Waals surface area contributed by atoms with E-state index in [0.29, 0.717) is 18.8 Å². The summed E-state index contributed by atoms with van der Waals surface area (Å²) in [6.07, 6.45) is 2.54. The van der Waals surface area contributed by atoms with Crippen molar-refractivity contribution in [2.45, 2.75) is 24.9 Å². The molecule has 1 aromatic rings. The summed E-state index contributed by atoms with van der Waals surface area (Å²) in [5.74, 6) is 2.39. The summed E-state index contributed by atoms with van der Waals surface area (Å²) in [5, 5.41) is 4.64. The number of rotatable bonds is 1. The number of nitrogens with zero attached hydrogens (tertiary/aromatic N) is 2. The van der Waals surface area contributed by atoms with E-state index in [4.69, 9.17) is 9.47 Å². The summed E-state index contributed by atoms with van der Waals surface area (Å²) in [4.78, 5) is 2.58. The molecule has 5 heterocycles. The molecule has 0 spiro atoms. The lowest BCUT2D eigenvalue weighted by Gasteiger charge is -2.45. The third-order valence-corrected chi connectivity index (χ3v) is 5.05. The minimum absolute atomic E-state index is 0.252. The van der Waals surface area contributed by atoms with Gasteiger partial charge in [-0.2, -0.15) is 5.10 Å². The zero-order valence-electron chi connectivity index (χ0n) is 11.2. The normalized spacial score (nSPS) is 36.5. The van der Waals surface area contributed by atoms with Gasteiger partial charge < -0.3 is 14.9 Å². The van der Waals surface area contributed by atoms with Gasteiger partial charge in [0.1, 0.15) is 0 Å². The SMILES string of the molecule is c1cc2c(cc1[C@H]1NN=C3C4CCN(CC4)[C@@H]31)OCO2. The highest BCUT2D eigenvalue weighted by molar-refractivity contribution is 5.95. The van der Waals surface area contributed by atoms with Gasteiger partial charge in [0.2, 0.25) is 6.79 Å². The summed E-state index contributed by atoms with van der Waals surface area (Å²) < 4.78 is 10.9. The summed E-state index contributed by atoms with van der Waals surface area (Å²) in [5.41, 5.74) is 5.96. The Morgan fingerprint density at radius 3 is 2.90 bits per heavy atom. The van der Waals surface area contributed by atoms with Crippen LogP contribution in [0.2, 0.25) is 0 Å². The van der Waals surface area contributed by atoms with E-state index in [1.54, 1.807) is 0 Å². The van der Waals surface area contributed by atoms with Crippen molar-refractivity contribution in [3.63, 3.8) is 0 Å². The standard InChI is InChI=1S/C15H17N3O2/c1-2-11-12(20-8-19-11)7-10(1)14-15-13(16-17-14)9-3-5-18(15)6-4-9/h1-2,7,9,14-15,17H,3-6,8H2/t14-,15+/m1/s1. The number of piperidine rings is 3. The lowest BCUT2D eigenvalue weighted by atomic mass is 9.78. The van der Waals surface area contributed by atoms with E-state index >= 15 is 0 Å². The van der Waals surface area contributed by atoms with Gasteiger partial charge in [-0.25, -0.2) is 0 Å². The third kappa shape index (κ3) is 1.38. The van der Waals surface area contributed by atoms with E-state index in [0.717, 1.165) is 11.5 Å². The molecule has 0 radical (unpaired) electrons. The first-order valence-electron chi connectivity index (χ1n) is 7.37. The van der Waals surface area contributed by atoms with Gasteiger partial charge in [0.15, 0.2) is 11.5 Å². The van der Waals surface area contributed by atoms with Gasteiger partial charge in [-0.15, -0.1) is 0 Å². The molecule has 5 aliphatic rings. The lowest BCUT2D eigenvalue weighted by Crippen LogP contribution is -2.56. The van der Waals surface area contributed by atoms with E-state index in [-0.39, 0.29) is 6.04 Å². The molecular weight excluding hydrogens is 254 g/mol. The molecule has 0 saturated carbocycles. The van der Waals surface area contributed by atoms with Crippen LogP contribution in [0.15, 0.2) is 23.3 Å². The molecular formula is C15H17N3O2. The molecule has 0 aliphatic carbocycles. The van der Waals surface area contributed by atoms with Crippen LogP contribution < -0.4 is 14.9 Å². The molecule has 3 saturated heterocycles. The molecule has 2 atom stereocenters. The second-order valence-electron chi connectivity index (χ2n) is 6.01. The molecule has 0 unspecified atom stereocenters. The number of hydrogen-bond donors (Lipinski definition) is 1. The van der Waals surface area contributed by atoms with E-state index in [1.807, 2.05) is 6.07 Å². The molecule has 5 heteroatoms. The average Bonchev–Trinajstić information content (AvgIpc) is 3.15. The fraction of sp³-hybridized carbons (Fsp3) is 0.533. The van der Waals surface area contributed by atoms with Crippen LogP contribution in [-0.4, -0.2) is 36.5 Å². The molecule has 5 nitrogen and oxygen atoms in total. The maximum atomic E-state index is 5.50. The van der Waals surface area contributed by atoms with Gasteiger partial charge in [-0.1, -0.05) is 6.07 Å². The van der Waals surface area contributed by atoms with Crippen molar-refractivity contribution in [2.75, 3.05) is 19.9 Å². The Labute approximate surface area is 117 Å². The molecule has 2 bridgehead atoms. The van der Waals surface area contributed by atoms with Crippen LogP contribution in [0.1, 0.15) is 24.4 Å². The van der Waals surface area contributed by atoms with Gasteiger partial charge in [0, 0.05) is 5.92 Å². The maximum absolute atomic E-state index is 5.50. The Balaban J connectivity index is 1.51. The lowest BCUT2D eigenvalue weighted by molar-refractivity contribution is 0.133. The minimum Gasteiger partial charge on any atom is -0.454 e. The first-order chi connectivity index (χ1) is 9.90. The number of nitrogens with one attached hydrogen (secondary N) is 1. The van der Waals surface area contributed by atoms with E-state index in [9.17, 15) is 0 Å². The van der Waals surface area contributed by atoms with Gasteiger partial charge >= 0.3 is 0 Å². The average molecular weight is 271 g/mol. The summed E-state index contributed by atoms with van der Waals surface area (Å²) >= 11 is 0. The number of hydrogen-bond acceptors (Lipinski definition) is 5. The minimum atomic E-state index is 0.252. The summed E-state index contributed by atoms with van der Waals surface area (Å²) in [7, 11) is 0. The first kappa shape index (κ1) is 11.0. The van der Waals surface area contributed by atoms with Gasteiger partial charge in [-0.05, 0) is 43.6 Å². The van der Waals surface area contributed by atoms with Crippen LogP contribution in [0.25, 0.3) is 0 Å². The Morgan fingerprint density at radius 2 is 2.00 bits per heavy atom. The van der Waals surface area contributed by atoms with Crippen molar-refractivity contribution >= 4 is 5.71 Å². The summed E-state index contributed by atoms with van der Waals surface area (Å²) in [6.45, 7) is 2.74. The highest BCUT2D eigenvalue weighted by atomic mass is 16.7. The fourth-order valence-corrected chi connectivity index (χ4v) is 4.02. The molecule has 1 N–H and O–H groups in total. The molecule has 20 heavy (non-hydrogen) atoms. The maximum Gasteiger partial charge on any atom is 0.231 e. The number of fused-ring (bicyclic) bond motifs is 3. The summed E-state index contributed by atoms with van der Waals surface area (Å²) in [6, 6.07) is 6.92. The van der Waals surface area contributed by atoms with E-state index in [1.165, 1.54) is 37.2 Å². The number of hydrazone groups is 1. The van der Waals surface area contributed by atoms with Crippen molar-refractivity contribution in [3.8, 4) is 11.5 Å². The fourth-order valence-electron chi connectivity index (χ4n) is 4.02. The molecule has 3 fully saturated rings. The topological polar surface area (TPSA) is 46.1 Å². The molecule has 0 aromatic heterocycles. The zero-order valence-corrected chi connectivity index (χ0v) is 11.2. The quantitative estimate of drug-likeness (QED) is 0.841. The largest absolute Gasteiger partial charge is 0.454 e. The number of ether oxygens (including phenoxy) is 2. The van der Waals surface area contributed by atoms with Crippen LogP contribution in [0.4, 0.5) is 0 Å². The van der Waals surface area contributed by atoms with Gasteiger partial charge in [0.05, 0.1) is 17.8 Å². The van der Waals surface area contributed by atoms with Crippen molar-refractivity contribution in [1.29, 1.82) is 0 Å². The monoisotopic (exact) mass is 271 g/mol. The van der Waals surface area contributed by atoms with Crippen LogP contribution in [0.5, 0.6) is 11.5 Å². The Hall–Kier alpha value is -1.75. The predicted molar refractivity (Wildman–Crippen MR) is 74.0 cm³/mol. The Bertz CT molecular complexity index is 593. The third-order valence-electron chi connectivity index (χ3n) is 5.05. The van der Waals surface area contributed by atoms with Crippen molar-refractivity contribution < 1.29 is 9.47 Å².